The zero-order valence-electron chi connectivity index (χ0n) is 16.0. The van der Waals surface area contributed by atoms with Crippen molar-refractivity contribution in [1.82, 2.24) is 9.80 Å². The average Bonchev–Trinajstić information content (AvgIpc) is 3.26. The van der Waals surface area contributed by atoms with Crippen LogP contribution in [0, 0.1) is 0 Å². The number of furan rings is 1. The SMILES string of the molecule is O=C(/C=C/c1ccco1)N1CCCC(N2CCN(c3cccc(Cl)c3)CC2)C1. The molecule has 2 aliphatic rings. The quantitative estimate of drug-likeness (QED) is 0.734. The lowest BCUT2D eigenvalue weighted by Crippen LogP contribution is -2.55. The second kappa shape index (κ2) is 8.84. The Morgan fingerprint density at radius 2 is 1.96 bits per heavy atom. The van der Waals surface area contributed by atoms with Crippen molar-refractivity contribution in [3.8, 4) is 0 Å². The number of carbonyl (C=O) groups excluding carboxylic acids is 1. The Hall–Kier alpha value is -2.24. The van der Waals surface area contributed by atoms with Gasteiger partial charge in [-0.1, -0.05) is 17.7 Å². The first-order chi connectivity index (χ1) is 13.7. The average molecular weight is 400 g/mol. The molecular weight excluding hydrogens is 374 g/mol. The number of likely N-dealkylation sites (tertiary alicyclic amines) is 1. The van der Waals surface area contributed by atoms with Crippen molar-refractivity contribution in [2.75, 3.05) is 44.2 Å². The van der Waals surface area contributed by atoms with Crippen molar-refractivity contribution in [2.45, 2.75) is 18.9 Å². The van der Waals surface area contributed by atoms with Gasteiger partial charge in [0.05, 0.1) is 6.26 Å². The molecule has 1 amide bonds. The molecule has 148 valence electrons. The first kappa shape index (κ1) is 19.1. The number of piperidine rings is 1. The molecule has 5 nitrogen and oxygen atoms in total. The predicted molar refractivity (Wildman–Crippen MR) is 113 cm³/mol. The molecule has 0 radical (unpaired) electrons. The van der Waals surface area contributed by atoms with Gasteiger partial charge >= 0.3 is 0 Å². The summed E-state index contributed by atoms with van der Waals surface area (Å²) in [6.45, 7) is 5.65. The maximum Gasteiger partial charge on any atom is 0.246 e. The topological polar surface area (TPSA) is 39.9 Å². The molecule has 0 aliphatic carbocycles. The summed E-state index contributed by atoms with van der Waals surface area (Å²) in [6.07, 6.45) is 7.19. The fourth-order valence-electron chi connectivity index (χ4n) is 4.12. The molecule has 0 saturated carbocycles. The number of amides is 1. The molecule has 28 heavy (non-hydrogen) atoms. The fourth-order valence-corrected chi connectivity index (χ4v) is 4.30. The van der Waals surface area contributed by atoms with Crippen LogP contribution >= 0.6 is 11.6 Å². The maximum absolute atomic E-state index is 12.5. The van der Waals surface area contributed by atoms with Crippen molar-refractivity contribution in [1.29, 1.82) is 0 Å². The van der Waals surface area contributed by atoms with Crippen LogP contribution in [0.3, 0.4) is 0 Å². The van der Waals surface area contributed by atoms with Gasteiger partial charge in [-0.3, -0.25) is 9.69 Å². The summed E-state index contributed by atoms with van der Waals surface area (Å²) in [5, 5.41) is 0.781. The third kappa shape index (κ3) is 4.59. The highest BCUT2D eigenvalue weighted by Gasteiger charge is 2.29. The molecule has 6 heteroatoms. The number of hydrogen-bond acceptors (Lipinski definition) is 4. The Kier molecular flexibility index (Phi) is 6.03. The number of anilines is 1. The van der Waals surface area contributed by atoms with Gasteiger partial charge in [-0.2, -0.15) is 0 Å². The smallest absolute Gasteiger partial charge is 0.246 e. The Labute approximate surface area is 171 Å². The summed E-state index contributed by atoms with van der Waals surface area (Å²) < 4.78 is 5.26. The van der Waals surface area contributed by atoms with Crippen LogP contribution in [0.1, 0.15) is 18.6 Å². The zero-order chi connectivity index (χ0) is 19.3. The first-order valence-electron chi connectivity index (χ1n) is 9.94. The number of carbonyl (C=O) groups is 1. The minimum Gasteiger partial charge on any atom is -0.465 e. The van der Waals surface area contributed by atoms with Gasteiger partial charge in [0.2, 0.25) is 5.91 Å². The van der Waals surface area contributed by atoms with Gasteiger partial charge in [0.25, 0.3) is 0 Å². The number of rotatable bonds is 4. The molecule has 2 fully saturated rings. The van der Waals surface area contributed by atoms with E-state index in [0.29, 0.717) is 11.8 Å². The van der Waals surface area contributed by atoms with Crippen LogP contribution < -0.4 is 4.90 Å². The van der Waals surface area contributed by atoms with Crippen LogP contribution in [0.15, 0.2) is 53.2 Å². The second-order valence-electron chi connectivity index (χ2n) is 7.43. The molecule has 1 aromatic heterocycles. The van der Waals surface area contributed by atoms with Crippen LogP contribution in [0.2, 0.25) is 5.02 Å². The summed E-state index contributed by atoms with van der Waals surface area (Å²) >= 11 is 6.13. The number of nitrogens with zero attached hydrogens (tertiary/aromatic N) is 3. The lowest BCUT2D eigenvalue weighted by molar-refractivity contribution is -0.128. The van der Waals surface area contributed by atoms with Gasteiger partial charge in [-0.25, -0.2) is 0 Å². The van der Waals surface area contributed by atoms with Crippen molar-refractivity contribution in [3.05, 3.63) is 59.5 Å². The van der Waals surface area contributed by atoms with E-state index in [2.05, 4.69) is 15.9 Å². The molecule has 4 rings (SSSR count). The van der Waals surface area contributed by atoms with Crippen LogP contribution in [0.5, 0.6) is 0 Å². The molecule has 0 spiro atoms. The Morgan fingerprint density at radius 3 is 2.71 bits per heavy atom. The molecule has 2 saturated heterocycles. The van der Waals surface area contributed by atoms with Gasteiger partial charge < -0.3 is 14.2 Å². The summed E-state index contributed by atoms with van der Waals surface area (Å²) in [4.78, 5) is 19.4. The number of halogens is 1. The largest absolute Gasteiger partial charge is 0.465 e. The van der Waals surface area contributed by atoms with Crippen LogP contribution in [-0.4, -0.2) is 61.0 Å². The van der Waals surface area contributed by atoms with E-state index in [1.165, 1.54) is 5.69 Å². The van der Waals surface area contributed by atoms with E-state index in [0.717, 1.165) is 57.1 Å². The Bertz CT molecular complexity index is 813. The zero-order valence-corrected chi connectivity index (χ0v) is 16.7. The number of benzene rings is 1. The van der Waals surface area contributed by atoms with Crippen LogP contribution in [0.4, 0.5) is 5.69 Å². The van der Waals surface area contributed by atoms with Crippen LogP contribution in [-0.2, 0) is 4.79 Å². The van der Waals surface area contributed by atoms with E-state index in [-0.39, 0.29) is 5.91 Å². The highest BCUT2D eigenvalue weighted by atomic mass is 35.5. The molecule has 1 aromatic carbocycles. The molecule has 1 unspecified atom stereocenters. The van der Waals surface area contributed by atoms with Gasteiger partial charge in [-0.15, -0.1) is 0 Å². The van der Waals surface area contributed by atoms with Crippen LogP contribution in [0.25, 0.3) is 6.08 Å². The predicted octanol–water partition coefficient (Wildman–Crippen LogP) is 3.76. The summed E-state index contributed by atoms with van der Waals surface area (Å²) in [5.41, 5.74) is 1.19. The third-order valence-corrected chi connectivity index (χ3v) is 5.88. The molecule has 2 aliphatic heterocycles. The Balaban J connectivity index is 1.31. The van der Waals surface area contributed by atoms with E-state index in [1.807, 2.05) is 35.2 Å². The lowest BCUT2D eigenvalue weighted by Gasteiger charge is -2.43. The fraction of sp³-hybridized carbons (Fsp3) is 0.409. The van der Waals surface area contributed by atoms with Crippen molar-refractivity contribution < 1.29 is 9.21 Å². The number of piperazine rings is 1. The van der Waals surface area contributed by atoms with E-state index < -0.39 is 0 Å². The third-order valence-electron chi connectivity index (χ3n) is 5.65. The monoisotopic (exact) mass is 399 g/mol. The normalized spacial score (nSPS) is 21.4. The van der Waals surface area contributed by atoms with Gasteiger partial charge in [0.1, 0.15) is 5.76 Å². The molecule has 2 aromatic rings. The van der Waals surface area contributed by atoms with E-state index >= 15 is 0 Å². The molecule has 0 bridgehead atoms. The van der Waals surface area contributed by atoms with Gasteiger partial charge in [-0.05, 0) is 49.2 Å². The van der Waals surface area contributed by atoms with E-state index in [1.54, 1.807) is 18.4 Å². The minimum atomic E-state index is 0.0682. The van der Waals surface area contributed by atoms with Gasteiger partial charge in [0, 0.05) is 62.1 Å². The highest BCUT2D eigenvalue weighted by molar-refractivity contribution is 6.30. The molecule has 1 atom stereocenters. The molecular formula is C22H26ClN3O2. The van der Waals surface area contributed by atoms with E-state index in [4.69, 9.17) is 16.0 Å². The highest BCUT2D eigenvalue weighted by Crippen LogP contribution is 2.23. The standard InChI is InChI=1S/C22H26ClN3O2/c23-18-4-1-5-19(16-18)24-11-13-25(14-12-24)20-6-2-10-26(17-20)22(27)9-8-21-7-3-15-28-21/h1,3-5,7-9,15-16,20H,2,6,10-14,17H2/b9-8+. The second-order valence-corrected chi connectivity index (χ2v) is 7.87. The molecule has 0 N–H and O–H groups in total. The van der Waals surface area contributed by atoms with Crippen molar-refractivity contribution in [2.24, 2.45) is 0 Å². The Morgan fingerprint density at radius 1 is 1.11 bits per heavy atom. The van der Waals surface area contributed by atoms with Crippen molar-refractivity contribution >= 4 is 29.3 Å². The lowest BCUT2D eigenvalue weighted by atomic mass is 10.0. The van der Waals surface area contributed by atoms with Crippen molar-refractivity contribution in [3.63, 3.8) is 0 Å². The first-order valence-corrected chi connectivity index (χ1v) is 10.3. The minimum absolute atomic E-state index is 0.0682. The molecule has 3 heterocycles. The maximum atomic E-state index is 12.5. The summed E-state index contributed by atoms with van der Waals surface area (Å²) in [5.74, 6) is 0.776. The summed E-state index contributed by atoms with van der Waals surface area (Å²) in [7, 11) is 0. The van der Waals surface area contributed by atoms with E-state index in [9.17, 15) is 4.79 Å². The summed E-state index contributed by atoms with van der Waals surface area (Å²) in [6, 6.07) is 12.2. The number of hydrogen-bond donors (Lipinski definition) is 0. The van der Waals surface area contributed by atoms with Gasteiger partial charge in [0.15, 0.2) is 0 Å².